The molecular weight excluding hydrogens is 304 g/mol. The molecule has 1 saturated heterocycles. The lowest BCUT2D eigenvalue weighted by Crippen LogP contribution is -2.30. The Morgan fingerprint density at radius 1 is 1.17 bits per heavy atom. The van der Waals surface area contributed by atoms with Crippen molar-refractivity contribution in [2.75, 3.05) is 29.9 Å². The van der Waals surface area contributed by atoms with E-state index in [0.29, 0.717) is 18.1 Å². The number of ether oxygens (including phenoxy) is 1. The van der Waals surface area contributed by atoms with Crippen LogP contribution in [0, 0.1) is 0 Å². The SMILES string of the molecule is CCOC(=O)c1ccc(Nc2nccc(N3CCCCC3)n2)cc1. The standard InChI is InChI=1S/C18H22N4O2/c1-2-24-17(23)14-6-8-15(9-7-14)20-18-19-11-10-16(21-18)22-12-4-3-5-13-22/h6-11H,2-5,12-13H2,1H3,(H,19,20,21). The van der Waals surface area contributed by atoms with Crippen molar-refractivity contribution in [2.45, 2.75) is 26.2 Å². The molecule has 1 N–H and O–H groups in total. The van der Waals surface area contributed by atoms with Crippen LogP contribution in [0.25, 0.3) is 0 Å². The van der Waals surface area contributed by atoms with Crippen LogP contribution in [0.15, 0.2) is 36.5 Å². The predicted molar refractivity (Wildman–Crippen MR) is 93.8 cm³/mol. The van der Waals surface area contributed by atoms with E-state index in [1.54, 1.807) is 25.3 Å². The van der Waals surface area contributed by atoms with Crippen LogP contribution in [0.2, 0.25) is 0 Å². The van der Waals surface area contributed by atoms with Gasteiger partial charge in [0, 0.05) is 25.0 Å². The molecule has 0 bridgehead atoms. The summed E-state index contributed by atoms with van der Waals surface area (Å²) in [5.74, 6) is 1.20. The van der Waals surface area contributed by atoms with Crippen LogP contribution in [0.5, 0.6) is 0 Å². The monoisotopic (exact) mass is 326 g/mol. The Labute approximate surface area is 141 Å². The third-order valence-corrected chi connectivity index (χ3v) is 3.97. The molecule has 126 valence electrons. The minimum atomic E-state index is -0.313. The molecule has 0 amide bonds. The van der Waals surface area contributed by atoms with Crippen LogP contribution in [0.1, 0.15) is 36.5 Å². The number of carbonyl (C=O) groups excluding carboxylic acids is 1. The highest BCUT2D eigenvalue weighted by Crippen LogP contribution is 2.20. The summed E-state index contributed by atoms with van der Waals surface area (Å²) in [6.45, 7) is 4.26. The number of anilines is 3. The summed E-state index contributed by atoms with van der Waals surface area (Å²) < 4.78 is 4.98. The second-order valence-corrected chi connectivity index (χ2v) is 5.71. The zero-order valence-corrected chi connectivity index (χ0v) is 13.9. The van der Waals surface area contributed by atoms with Crippen molar-refractivity contribution < 1.29 is 9.53 Å². The number of piperidine rings is 1. The lowest BCUT2D eigenvalue weighted by molar-refractivity contribution is 0.0526. The maximum absolute atomic E-state index is 11.7. The number of aromatic nitrogens is 2. The molecule has 24 heavy (non-hydrogen) atoms. The maximum atomic E-state index is 11.7. The summed E-state index contributed by atoms with van der Waals surface area (Å²) in [6.07, 6.45) is 5.48. The summed E-state index contributed by atoms with van der Waals surface area (Å²) in [7, 11) is 0. The molecular formula is C18H22N4O2. The summed E-state index contributed by atoms with van der Waals surface area (Å²) >= 11 is 0. The number of hydrogen-bond donors (Lipinski definition) is 1. The molecule has 0 radical (unpaired) electrons. The molecule has 1 aromatic heterocycles. The van der Waals surface area contributed by atoms with Crippen LogP contribution >= 0.6 is 0 Å². The Bertz CT molecular complexity index is 682. The number of nitrogens with zero attached hydrogens (tertiary/aromatic N) is 3. The van der Waals surface area contributed by atoms with E-state index in [-0.39, 0.29) is 5.97 Å². The molecule has 1 aliphatic heterocycles. The van der Waals surface area contributed by atoms with E-state index < -0.39 is 0 Å². The van der Waals surface area contributed by atoms with Crippen LogP contribution in [0.4, 0.5) is 17.5 Å². The van der Waals surface area contributed by atoms with E-state index in [0.717, 1.165) is 24.6 Å². The molecule has 0 unspecified atom stereocenters. The number of benzene rings is 1. The lowest BCUT2D eigenvalue weighted by Gasteiger charge is -2.27. The van der Waals surface area contributed by atoms with Gasteiger partial charge in [-0.15, -0.1) is 0 Å². The summed E-state index contributed by atoms with van der Waals surface area (Å²) in [5, 5.41) is 3.18. The molecule has 1 aromatic carbocycles. The van der Waals surface area contributed by atoms with E-state index in [1.807, 2.05) is 18.2 Å². The van der Waals surface area contributed by atoms with Crippen molar-refractivity contribution >= 4 is 23.4 Å². The van der Waals surface area contributed by atoms with Gasteiger partial charge < -0.3 is 15.0 Å². The Balaban J connectivity index is 1.68. The summed E-state index contributed by atoms with van der Waals surface area (Å²) in [6, 6.07) is 9.05. The summed E-state index contributed by atoms with van der Waals surface area (Å²) in [4.78, 5) is 22.8. The predicted octanol–water partition coefficient (Wildman–Crippen LogP) is 3.39. The maximum Gasteiger partial charge on any atom is 0.338 e. The van der Waals surface area contributed by atoms with Gasteiger partial charge >= 0.3 is 5.97 Å². The van der Waals surface area contributed by atoms with Gasteiger partial charge in [-0.3, -0.25) is 0 Å². The van der Waals surface area contributed by atoms with Crippen LogP contribution in [-0.4, -0.2) is 35.6 Å². The van der Waals surface area contributed by atoms with E-state index in [4.69, 9.17) is 4.74 Å². The molecule has 6 nitrogen and oxygen atoms in total. The number of carbonyl (C=O) groups is 1. The highest BCUT2D eigenvalue weighted by atomic mass is 16.5. The van der Waals surface area contributed by atoms with Crippen LogP contribution in [0.3, 0.4) is 0 Å². The van der Waals surface area contributed by atoms with Crippen molar-refractivity contribution in [2.24, 2.45) is 0 Å². The first-order chi connectivity index (χ1) is 11.8. The van der Waals surface area contributed by atoms with Crippen LogP contribution in [-0.2, 0) is 4.74 Å². The van der Waals surface area contributed by atoms with Crippen molar-refractivity contribution in [1.82, 2.24) is 9.97 Å². The van der Waals surface area contributed by atoms with Gasteiger partial charge in [-0.05, 0) is 56.5 Å². The largest absolute Gasteiger partial charge is 0.462 e. The minimum Gasteiger partial charge on any atom is -0.462 e. The number of hydrogen-bond acceptors (Lipinski definition) is 6. The number of rotatable bonds is 5. The minimum absolute atomic E-state index is 0.313. The summed E-state index contributed by atoms with van der Waals surface area (Å²) in [5.41, 5.74) is 1.37. The van der Waals surface area contributed by atoms with Crippen molar-refractivity contribution in [3.8, 4) is 0 Å². The van der Waals surface area contributed by atoms with Gasteiger partial charge in [0.2, 0.25) is 5.95 Å². The Hall–Kier alpha value is -2.63. The van der Waals surface area contributed by atoms with Gasteiger partial charge in [-0.1, -0.05) is 0 Å². The molecule has 0 aliphatic carbocycles. The fourth-order valence-electron chi connectivity index (χ4n) is 2.74. The normalized spacial score (nSPS) is 14.3. The Kier molecular flexibility index (Phi) is 5.25. The van der Waals surface area contributed by atoms with Gasteiger partial charge in [-0.2, -0.15) is 4.98 Å². The molecule has 0 atom stereocenters. The third kappa shape index (κ3) is 4.01. The highest BCUT2D eigenvalue weighted by Gasteiger charge is 2.13. The first kappa shape index (κ1) is 16.2. The van der Waals surface area contributed by atoms with Crippen LogP contribution < -0.4 is 10.2 Å². The Morgan fingerprint density at radius 2 is 1.92 bits per heavy atom. The second-order valence-electron chi connectivity index (χ2n) is 5.71. The van der Waals surface area contributed by atoms with E-state index >= 15 is 0 Å². The van der Waals surface area contributed by atoms with Gasteiger partial charge in [0.05, 0.1) is 12.2 Å². The molecule has 6 heteroatoms. The van der Waals surface area contributed by atoms with E-state index in [1.165, 1.54) is 19.3 Å². The Morgan fingerprint density at radius 3 is 2.62 bits per heavy atom. The van der Waals surface area contributed by atoms with Gasteiger partial charge in [0.1, 0.15) is 5.82 Å². The first-order valence-corrected chi connectivity index (χ1v) is 8.38. The molecule has 0 spiro atoms. The average molecular weight is 326 g/mol. The van der Waals surface area contributed by atoms with Gasteiger partial charge in [-0.25, -0.2) is 9.78 Å². The fourth-order valence-corrected chi connectivity index (χ4v) is 2.74. The van der Waals surface area contributed by atoms with Crippen molar-refractivity contribution in [3.63, 3.8) is 0 Å². The molecule has 2 heterocycles. The molecule has 3 rings (SSSR count). The molecule has 0 saturated carbocycles. The topological polar surface area (TPSA) is 67.3 Å². The lowest BCUT2D eigenvalue weighted by atomic mass is 10.1. The molecule has 1 fully saturated rings. The number of nitrogens with one attached hydrogen (secondary N) is 1. The molecule has 2 aromatic rings. The third-order valence-electron chi connectivity index (χ3n) is 3.97. The quantitative estimate of drug-likeness (QED) is 0.850. The number of esters is 1. The zero-order valence-electron chi connectivity index (χ0n) is 13.9. The van der Waals surface area contributed by atoms with Gasteiger partial charge in [0.15, 0.2) is 0 Å². The average Bonchev–Trinajstić information content (AvgIpc) is 2.63. The van der Waals surface area contributed by atoms with Crippen molar-refractivity contribution in [1.29, 1.82) is 0 Å². The van der Waals surface area contributed by atoms with Gasteiger partial charge in [0.25, 0.3) is 0 Å². The second kappa shape index (κ2) is 7.77. The first-order valence-electron chi connectivity index (χ1n) is 8.38. The van der Waals surface area contributed by atoms with E-state index in [2.05, 4.69) is 20.2 Å². The van der Waals surface area contributed by atoms with E-state index in [9.17, 15) is 4.79 Å². The fraction of sp³-hybridized carbons (Fsp3) is 0.389. The van der Waals surface area contributed by atoms with Crippen molar-refractivity contribution in [3.05, 3.63) is 42.1 Å². The smallest absolute Gasteiger partial charge is 0.338 e. The highest BCUT2D eigenvalue weighted by molar-refractivity contribution is 5.89. The zero-order chi connectivity index (χ0) is 16.8. The molecule has 1 aliphatic rings.